The van der Waals surface area contributed by atoms with Crippen LogP contribution in [-0.2, 0) is 24.0 Å². The van der Waals surface area contributed by atoms with E-state index in [9.17, 15) is 29.1 Å². The first-order chi connectivity index (χ1) is 23.2. The van der Waals surface area contributed by atoms with Crippen molar-refractivity contribution < 1.29 is 34.2 Å². The standard InChI is InChI=1S/C34H61N7O7/c42-23-29(33(47)38-22-31(44)45)40-30(43)21-37-32(46)27(17-7-9-19-35-24-11-1-2-12-24)41-34(48)28(39-26-15-5-6-16-26)18-8-10-20-36-25-13-3-4-14-25/h24-29,35-36,39,42H,1-23H2,(H,37,46)(H,38,47)(H,40,43)(H,41,48)(H,44,45). The van der Waals surface area contributed by atoms with Gasteiger partial charge < -0.3 is 47.4 Å². The molecule has 0 bridgehead atoms. The van der Waals surface area contributed by atoms with Gasteiger partial charge in [-0.25, -0.2) is 0 Å². The average Bonchev–Trinajstić information content (AvgIpc) is 3.88. The van der Waals surface area contributed by atoms with Crippen LogP contribution >= 0.6 is 0 Å². The third-order valence-electron chi connectivity index (χ3n) is 9.83. The number of carboxylic acid groups (broad SMARTS) is 1. The largest absolute Gasteiger partial charge is 0.480 e. The summed E-state index contributed by atoms with van der Waals surface area (Å²) in [5, 5.41) is 39.0. The van der Waals surface area contributed by atoms with E-state index in [2.05, 4.69) is 37.2 Å². The molecule has 0 aromatic heterocycles. The normalized spacial score (nSPS) is 19.1. The number of unbranched alkanes of at least 4 members (excludes halogenated alkanes) is 2. The van der Waals surface area contributed by atoms with Gasteiger partial charge in [0.25, 0.3) is 0 Å². The lowest BCUT2D eigenvalue weighted by Gasteiger charge is -2.26. The molecule has 0 radical (unpaired) electrons. The first-order valence-electron chi connectivity index (χ1n) is 18.5. The summed E-state index contributed by atoms with van der Waals surface area (Å²) >= 11 is 0. The molecule has 274 valence electrons. The second-order valence-electron chi connectivity index (χ2n) is 13.8. The van der Waals surface area contributed by atoms with E-state index in [1.54, 1.807) is 0 Å². The first kappa shape index (κ1) is 39.6. The van der Waals surface area contributed by atoms with Crippen molar-refractivity contribution in [3.05, 3.63) is 0 Å². The topological polar surface area (TPSA) is 210 Å². The van der Waals surface area contributed by atoms with Crippen molar-refractivity contribution in [2.75, 3.05) is 32.8 Å². The number of hydrogen-bond acceptors (Lipinski definition) is 9. The van der Waals surface area contributed by atoms with E-state index >= 15 is 0 Å². The van der Waals surface area contributed by atoms with Crippen molar-refractivity contribution in [1.29, 1.82) is 0 Å². The number of aliphatic hydroxyl groups is 1. The van der Waals surface area contributed by atoms with Crippen LogP contribution in [0.3, 0.4) is 0 Å². The molecule has 3 aliphatic carbocycles. The molecule has 0 heterocycles. The van der Waals surface area contributed by atoms with Gasteiger partial charge in [0.05, 0.1) is 19.2 Å². The maximum Gasteiger partial charge on any atom is 0.322 e. The summed E-state index contributed by atoms with van der Waals surface area (Å²) in [7, 11) is 0. The molecule has 0 aromatic rings. The number of aliphatic hydroxyl groups excluding tert-OH is 1. The third-order valence-corrected chi connectivity index (χ3v) is 9.83. The van der Waals surface area contributed by atoms with Crippen molar-refractivity contribution in [3.63, 3.8) is 0 Å². The molecular formula is C34H61N7O7. The van der Waals surface area contributed by atoms with Gasteiger partial charge in [0.2, 0.25) is 23.6 Å². The minimum absolute atomic E-state index is 0.213. The Balaban J connectivity index is 1.54. The quantitative estimate of drug-likeness (QED) is 0.0648. The highest BCUT2D eigenvalue weighted by atomic mass is 16.4. The highest BCUT2D eigenvalue weighted by molar-refractivity contribution is 5.93. The van der Waals surface area contributed by atoms with Crippen molar-refractivity contribution in [3.8, 4) is 0 Å². The second-order valence-corrected chi connectivity index (χ2v) is 13.8. The van der Waals surface area contributed by atoms with E-state index in [-0.39, 0.29) is 11.9 Å². The maximum absolute atomic E-state index is 13.7. The smallest absolute Gasteiger partial charge is 0.322 e. The Morgan fingerprint density at radius 1 is 0.562 bits per heavy atom. The zero-order valence-corrected chi connectivity index (χ0v) is 28.7. The fraction of sp³-hybridized carbons (Fsp3) is 0.853. The molecule has 3 fully saturated rings. The molecule has 0 aliphatic heterocycles. The minimum atomic E-state index is -1.37. The summed E-state index contributed by atoms with van der Waals surface area (Å²) in [4.78, 5) is 62.4. The van der Waals surface area contributed by atoms with Crippen LogP contribution in [0.2, 0.25) is 0 Å². The van der Waals surface area contributed by atoms with Crippen LogP contribution in [0.1, 0.15) is 116 Å². The molecule has 3 unspecified atom stereocenters. The van der Waals surface area contributed by atoms with Crippen LogP contribution in [-0.4, -0.2) is 109 Å². The first-order valence-corrected chi connectivity index (χ1v) is 18.5. The van der Waals surface area contributed by atoms with Crippen LogP contribution in [0.5, 0.6) is 0 Å². The number of carboxylic acids is 1. The number of aliphatic carboxylic acids is 1. The Morgan fingerprint density at radius 3 is 1.56 bits per heavy atom. The van der Waals surface area contributed by atoms with Gasteiger partial charge in [-0.3, -0.25) is 24.0 Å². The van der Waals surface area contributed by atoms with Gasteiger partial charge in [0.1, 0.15) is 18.6 Å². The highest BCUT2D eigenvalue weighted by Crippen LogP contribution is 2.20. The summed E-state index contributed by atoms with van der Waals surface area (Å²) in [5.41, 5.74) is 0. The second kappa shape index (κ2) is 22.8. The molecule has 3 rings (SSSR count). The summed E-state index contributed by atoms with van der Waals surface area (Å²) in [6, 6.07) is -1.20. The number of carbonyl (C=O) groups excluding carboxylic acids is 4. The van der Waals surface area contributed by atoms with E-state index in [1.165, 1.54) is 51.4 Å². The fourth-order valence-electron chi connectivity index (χ4n) is 7.04. The van der Waals surface area contributed by atoms with Crippen molar-refractivity contribution in [1.82, 2.24) is 37.2 Å². The van der Waals surface area contributed by atoms with Gasteiger partial charge in [-0.15, -0.1) is 0 Å². The number of carbonyl (C=O) groups is 5. The summed E-state index contributed by atoms with van der Waals surface area (Å²) in [6.07, 6.45) is 18.7. The van der Waals surface area contributed by atoms with Crippen LogP contribution in [0, 0.1) is 0 Å². The van der Waals surface area contributed by atoms with Crippen LogP contribution in [0.15, 0.2) is 0 Å². The van der Waals surface area contributed by atoms with E-state index in [4.69, 9.17) is 5.11 Å². The highest BCUT2D eigenvalue weighted by Gasteiger charge is 2.29. The zero-order valence-electron chi connectivity index (χ0n) is 28.7. The number of nitrogens with one attached hydrogen (secondary N) is 7. The molecule has 0 aromatic carbocycles. The Hall–Kier alpha value is -2.81. The predicted molar refractivity (Wildman–Crippen MR) is 182 cm³/mol. The summed E-state index contributed by atoms with van der Waals surface area (Å²) < 4.78 is 0. The fourth-order valence-corrected chi connectivity index (χ4v) is 7.04. The molecular weight excluding hydrogens is 618 g/mol. The lowest BCUT2D eigenvalue weighted by atomic mass is 10.0. The SMILES string of the molecule is O=C(O)CNC(=O)C(CO)NC(=O)CNC(=O)C(CCCCNC1CCCC1)NC(=O)C(CCCCNC1CCCC1)NC1CCCC1. The Bertz CT molecular complexity index is 998. The molecule has 14 nitrogen and oxygen atoms in total. The molecule has 0 saturated heterocycles. The Labute approximate surface area is 285 Å². The zero-order chi connectivity index (χ0) is 34.6. The lowest BCUT2D eigenvalue weighted by Crippen LogP contribution is -2.56. The molecule has 4 amide bonds. The lowest BCUT2D eigenvalue weighted by molar-refractivity contribution is -0.138. The molecule has 3 atom stereocenters. The maximum atomic E-state index is 13.7. The van der Waals surface area contributed by atoms with Gasteiger partial charge in [-0.1, -0.05) is 44.9 Å². The minimum Gasteiger partial charge on any atom is -0.480 e. The third kappa shape index (κ3) is 15.6. The molecule has 3 aliphatic rings. The number of hydrogen-bond donors (Lipinski definition) is 9. The summed E-state index contributed by atoms with van der Waals surface area (Å²) in [6.45, 7) is -0.113. The van der Waals surface area contributed by atoms with Gasteiger partial charge >= 0.3 is 5.97 Å². The molecule has 0 spiro atoms. The molecule has 14 heteroatoms. The van der Waals surface area contributed by atoms with E-state index in [1.807, 2.05) is 0 Å². The van der Waals surface area contributed by atoms with Gasteiger partial charge in [0.15, 0.2) is 0 Å². The van der Waals surface area contributed by atoms with Gasteiger partial charge in [-0.2, -0.15) is 0 Å². The van der Waals surface area contributed by atoms with Gasteiger partial charge in [0, 0.05) is 18.1 Å². The monoisotopic (exact) mass is 679 g/mol. The predicted octanol–water partition coefficient (Wildman–Crippen LogP) is 0.571. The van der Waals surface area contributed by atoms with Crippen LogP contribution in [0.25, 0.3) is 0 Å². The van der Waals surface area contributed by atoms with Crippen molar-refractivity contribution >= 4 is 29.6 Å². The van der Waals surface area contributed by atoms with E-state index in [0.29, 0.717) is 31.3 Å². The Kier molecular flexibility index (Phi) is 18.8. The number of rotatable bonds is 24. The van der Waals surface area contributed by atoms with E-state index in [0.717, 1.165) is 58.0 Å². The number of amides is 4. The summed E-state index contributed by atoms with van der Waals surface area (Å²) in [5.74, 6) is -3.57. The Morgan fingerprint density at radius 2 is 1.04 bits per heavy atom. The van der Waals surface area contributed by atoms with Crippen molar-refractivity contribution in [2.45, 2.75) is 152 Å². The van der Waals surface area contributed by atoms with Gasteiger partial charge in [-0.05, 0) is 83.7 Å². The van der Waals surface area contributed by atoms with Crippen LogP contribution in [0.4, 0.5) is 0 Å². The van der Waals surface area contributed by atoms with E-state index < -0.39 is 61.5 Å². The molecule has 3 saturated carbocycles. The van der Waals surface area contributed by atoms with Crippen molar-refractivity contribution in [2.24, 2.45) is 0 Å². The molecule has 9 N–H and O–H groups in total. The average molecular weight is 680 g/mol. The van der Waals surface area contributed by atoms with Crippen LogP contribution < -0.4 is 37.2 Å². The molecule has 48 heavy (non-hydrogen) atoms.